The second-order valence-electron chi connectivity index (χ2n) is 7.23. The van der Waals surface area contributed by atoms with Gasteiger partial charge in [-0.2, -0.15) is 0 Å². The Labute approximate surface area is 206 Å². The number of H-pyrrole nitrogens is 1. The number of aromatic nitrogens is 1. The molecule has 34 heavy (non-hydrogen) atoms. The van der Waals surface area contributed by atoms with Crippen LogP contribution in [0.5, 0.6) is 11.5 Å². The predicted molar refractivity (Wildman–Crippen MR) is 131 cm³/mol. The molecule has 8 nitrogen and oxygen atoms in total. The van der Waals surface area contributed by atoms with E-state index in [-0.39, 0.29) is 25.5 Å². The van der Waals surface area contributed by atoms with E-state index in [9.17, 15) is 9.59 Å². The molecule has 3 rings (SSSR count). The van der Waals surface area contributed by atoms with Crippen molar-refractivity contribution < 1.29 is 24.2 Å². The van der Waals surface area contributed by atoms with Crippen LogP contribution in [0.4, 0.5) is 4.79 Å². The summed E-state index contributed by atoms with van der Waals surface area (Å²) in [6, 6.07) is 14.4. The van der Waals surface area contributed by atoms with Crippen LogP contribution in [0.1, 0.15) is 27.2 Å². The highest BCUT2D eigenvalue weighted by molar-refractivity contribution is 9.10. The number of carbonyl (C=O) groups is 2. The molecule has 3 aromatic rings. The lowest BCUT2D eigenvalue weighted by molar-refractivity contribution is 0.0759. The van der Waals surface area contributed by atoms with Crippen LogP contribution in [0.2, 0.25) is 0 Å². The zero-order valence-electron chi connectivity index (χ0n) is 18.7. The molecule has 176 valence electrons. The lowest BCUT2D eigenvalue weighted by atomic mass is 10.1. The molecule has 0 aliphatic carbocycles. The fraction of sp³-hybridized carbons (Fsp3) is 0.200. The first-order chi connectivity index (χ1) is 16.4. The van der Waals surface area contributed by atoms with Crippen molar-refractivity contribution in [2.75, 3.05) is 20.8 Å². The van der Waals surface area contributed by atoms with E-state index in [2.05, 4.69) is 38.1 Å². The van der Waals surface area contributed by atoms with Crippen molar-refractivity contribution in [3.8, 4) is 23.3 Å². The minimum atomic E-state index is -1.07. The summed E-state index contributed by atoms with van der Waals surface area (Å²) in [7, 11) is 3.15. The number of carbonyl (C=O) groups excluding carboxylic acids is 1. The van der Waals surface area contributed by atoms with Crippen molar-refractivity contribution in [3.63, 3.8) is 0 Å². The van der Waals surface area contributed by atoms with Crippen LogP contribution in [-0.2, 0) is 13.1 Å². The van der Waals surface area contributed by atoms with E-state index >= 15 is 0 Å². The summed E-state index contributed by atoms with van der Waals surface area (Å²) in [5.74, 6) is 7.20. The van der Waals surface area contributed by atoms with Crippen molar-refractivity contribution >= 4 is 27.9 Å². The molecule has 0 fully saturated rings. The maximum absolute atomic E-state index is 13.2. The minimum absolute atomic E-state index is 0.187. The van der Waals surface area contributed by atoms with E-state index < -0.39 is 6.09 Å². The topological polar surface area (TPSA) is 104 Å². The van der Waals surface area contributed by atoms with Gasteiger partial charge < -0.3 is 29.8 Å². The maximum Gasteiger partial charge on any atom is 0.404 e. The summed E-state index contributed by atoms with van der Waals surface area (Å²) in [5.41, 5.74) is 2.85. The fourth-order valence-electron chi connectivity index (χ4n) is 3.17. The highest BCUT2D eigenvalue weighted by Crippen LogP contribution is 2.26. The highest BCUT2D eigenvalue weighted by Gasteiger charge is 2.19. The maximum atomic E-state index is 13.2. The Morgan fingerprint density at radius 1 is 1.12 bits per heavy atom. The molecule has 0 radical (unpaired) electrons. The Balaban J connectivity index is 1.79. The van der Waals surface area contributed by atoms with Gasteiger partial charge in [0.1, 0.15) is 17.2 Å². The Morgan fingerprint density at radius 3 is 2.50 bits per heavy atom. The first kappa shape index (κ1) is 24.7. The number of nitrogens with zero attached hydrogens (tertiary/aromatic N) is 1. The molecule has 1 heterocycles. The van der Waals surface area contributed by atoms with Gasteiger partial charge in [0, 0.05) is 34.4 Å². The van der Waals surface area contributed by atoms with Gasteiger partial charge in [0.2, 0.25) is 0 Å². The molecular formula is C25H24BrN3O5. The first-order valence-electron chi connectivity index (χ1n) is 10.3. The Hall–Kier alpha value is -3.90. The lowest BCUT2D eigenvalue weighted by Crippen LogP contribution is -2.31. The molecule has 0 saturated heterocycles. The zero-order valence-corrected chi connectivity index (χ0v) is 20.3. The first-order valence-corrected chi connectivity index (χ1v) is 11.1. The Kier molecular flexibility index (Phi) is 8.60. The number of benzene rings is 2. The molecular weight excluding hydrogens is 502 g/mol. The molecule has 0 unspecified atom stereocenters. The number of nitrogens with one attached hydrogen (secondary N) is 2. The van der Waals surface area contributed by atoms with Crippen LogP contribution in [0, 0.1) is 11.8 Å². The lowest BCUT2D eigenvalue weighted by Gasteiger charge is -2.21. The van der Waals surface area contributed by atoms with Crippen LogP contribution in [-0.4, -0.2) is 47.8 Å². The van der Waals surface area contributed by atoms with Crippen molar-refractivity contribution in [1.82, 2.24) is 15.2 Å². The highest BCUT2D eigenvalue weighted by atomic mass is 79.9. The molecule has 1 aromatic heterocycles. The summed E-state index contributed by atoms with van der Waals surface area (Å²) in [6.45, 7) is 0.699. The van der Waals surface area contributed by atoms with Crippen molar-refractivity contribution in [1.29, 1.82) is 0 Å². The standard InChI is InChI=1S/C25H24BrN3O5/c1-33-21-10-9-19(23(13-21)34-2)16-29(24(30)22-12-20(26)15-27-22)11-3-4-17-5-7-18(8-6-17)14-28-25(31)32/h5-10,12-13,15,27-28H,11,14,16H2,1-2H3,(H,31,32). The van der Waals surface area contributed by atoms with Gasteiger partial charge >= 0.3 is 6.09 Å². The molecule has 2 aromatic carbocycles. The van der Waals surface area contributed by atoms with Gasteiger partial charge in [-0.3, -0.25) is 4.79 Å². The summed E-state index contributed by atoms with van der Waals surface area (Å²) in [5, 5.41) is 11.0. The SMILES string of the molecule is COc1ccc(CN(CC#Cc2ccc(CNC(=O)O)cc2)C(=O)c2cc(Br)c[nH]2)c(OC)c1. The van der Waals surface area contributed by atoms with Crippen molar-refractivity contribution in [3.05, 3.63) is 81.6 Å². The third kappa shape index (κ3) is 6.80. The van der Waals surface area contributed by atoms with E-state index in [0.717, 1.165) is 21.2 Å². The van der Waals surface area contributed by atoms with E-state index in [0.29, 0.717) is 17.2 Å². The van der Waals surface area contributed by atoms with Gasteiger partial charge in [-0.05, 0) is 51.8 Å². The van der Waals surface area contributed by atoms with Crippen molar-refractivity contribution in [2.45, 2.75) is 13.1 Å². The predicted octanol–water partition coefficient (Wildman–Crippen LogP) is 4.26. The molecule has 0 aliphatic heterocycles. The number of carboxylic acid groups (broad SMARTS) is 1. The number of hydrogen-bond donors (Lipinski definition) is 3. The van der Waals surface area contributed by atoms with E-state index in [1.807, 2.05) is 36.4 Å². The molecule has 0 saturated carbocycles. The number of amides is 2. The zero-order chi connectivity index (χ0) is 24.5. The van der Waals surface area contributed by atoms with Crippen molar-refractivity contribution in [2.24, 2.45) is 0 Å². The number of ether oxygens (including phenoxy) is 2. The Bertz CT molecular complexity index is 1210. The molecule has 0 atom stereocenters. The third-order valence-corrected chi connectivity index (χ3v) is 5.38. The van der Waals surface area contributed by atoms with Crippen LogP contribution >= 0.6 is 15.9 Å². The quantitative estimate of drug-likeness (QED) is 0.381. The summed E-state index contributed by atoms with van der Waals surface area (Å²) < 4.78 is 11.5. The molecule has 2 amide bonds. The largest absolute Gasteiger partial charge is 0.497 e. The molecule has 0 spiro atoms. The number of rotatable bonds is 8. The average Bonchev–Trinajstić information content (AvgIpc) is 3.28. The fourth-order valence-corrected chi connectivity index (χ4v) is 3.51. The molecule has 0 aliphatic rings. The molecule has 0 bridgehead atoms. The van der Waals surface area contributed by atoms with Gasteiger partial charge in [0.15, 0.2) is 0 Å². The number of halogens is 1. The number of aromatic amines is 1. The second kappa shape index (κ2) is 11.8. The summed E-state index contributed by atoms with van der Waals surface area (Å²) in [4.78, 5) is 28.4. The van der Waals surface area contributed by atoms with E-state index in [1.165, 1.54) is 0 Å². The number of methoxy groups -OCH3 is 2. The minimum Gasteiger partial charge on any atom is -0.497 e. The van der Waals surface area contributed by atoms with Crippen LogP contribution in [0.3, 0.4) is 0 Å². The van der Waals surface area contributed by atoms with Crippen LogP contribution in [0.25, 0.3) is 0 Å². The van der Waals surface area contributed by atoms with Crippen LogP contribution in [0.15, 0.2) is 59.2 Å². The summed E-state index contributed by atoms with van der Waals surface area (Å²) >= 11 is 3.36. The Morgan fingerprint density at radius 2 is 1.88 bits per heavy atom. The van der Waals surface area contributed by atoms with E-state index in [4.69, 9.17) is 14.6 Å². The second-order valence-corrected chi connectivity index (χ2v) is 8.14. The van der Waals surface area contributed by atoms with Gasteiger partial charge in [-0.1, -0.05) is 24.0 Å². The summed E-state index contributed by atoms with van der Waals surface area (Å²) in [6.07, 6.45) is 0.627. The van der Waals surface area contributed by atoms with Gasteiger partial charge in [-0.25, -0.2) is 4.79 Å². The van der Waals surface area contributed by atoms with Gasteiger partial charge in [-0.15, -0.1) is 0 Å². The van der Waals surface area contributed by atoms with E-state index in [1.54, 1.807) is 37.4 Å². The van der Waals surface area contributed by atoms with Crippen LogP contribution < -0.4 is 14.8 Å². The van der Waals surface area contributed by atoms with Gasteiger partial charge in [0.05, 0.1) is 27.3 Å². The smallest absolute Gasteiger partial charge is 0.404 e. The monoisotopic (exact) mass is 525 g/mol. The molecule has 9 heteroatoms. The average molecular weight is 526 g/mol. The number of hydrogen-bond acceptors (Lipinski definition) is 4. The molecule has 3 N–H and O–H groups in total. The third-order valence-electron chi connectivity index (χ3n) is 4.92. The van der Waals surface area contributed by atoms with Gasteiger partial charge in [0.25, 0.3) is 5.91 Å². The normalized spacial score (nSPS) is 10.1.